The zero-order valence-corrected chi connectivity index (χ0v) is 31.8. The fourth-order valence-corrected chi connectivity index (χ4v) is 4.13. The van der Waals surface area contributed by atoms with Crippen molar-refractivity contribution in [1.29, 1.82) is 0 Å². The highest BCUT2D eigenvalue weighted by atomic mass is 16.6. The fraction of sp³-hybridized carbons (Fsp3) is 0.615. The van der Waals surface area contributed by atoms with Gasteiger partial charge in [0, 0.05) is 11.1 Å². The van der Waals surface area contributed by atoms with Crippen LogP contribution in [-0.4, -0.2) is 177 Å². The summed E-state index contributed by atoms with van der Waals surface area (Å²) in [6.07, 6.45) is 0.793. The Balaban J connectivity index is 1.15. The molecule has 0 radical (unpaired) electrons. The van der Waals surface area contributed by atoms with Crippen LogP contribution in [0.15, 0.2) is 54.6 Å². The van der Waals surface area contributed by atoms with Crippen LogP contribution in [0.4, 0.5) is 0 Å². The Kier molecular flexibility index (Phi) is 31.5. The Morgan fingerprint density at radius 3 is 1.02 bits per heavy atom. The minimum atomic E-state index is -0.901. The molecule has 16 nitrogen and oxygen atoms in total. The summed E-state index contributed by atoms with van der Waals surface area (Å²) in [5, 5.41) is 0. The van der Waals surface area contributed by atoms with Crippen LogP contribution in [0.1, 0.15) is 20.7 Å². The lowest BCUT2D eigenvalue weighted by molar-refractivity contribution is -0.139. The topological polar surface area (TPSA) is 171 Å². The van der Waals surface area contributed by atoms with Crippen LogP contribution in [0.3, 0.4) is 0 Å². The van der Waals surface area contributed by atoms with Gasteiger partial charge in [-0.3, -0.25) is 9.59 Å². The van der Waals surface area contributed by atoms with E-state index in [1.165, 1.54) is 0 Å². The van der Waals surface area contributed by atoms with Crippen LogP contribution in [0.2, 0.25) is 0 Å². The first kappa shape index (κ1) is 47.8. The third-order valence-corrected chi connectivity index (χ3v) is 6.91. The van der Waals surface area contributed by atoms with Crippen LogP contribution in [0, 0.1) is 0 Å². The van der Waals surface area contributed by atoms with Crippen LogP contribution >= 0.6 is 0 Å². The van der Waals surface area contributed by atoms with E-state index >= 15 is 0 Å². The largest absolute Gasteiger partial charge is 0.491 e. The number of Topliss-reactive ketones (excluding diaryl/α,β-unsaturated/α-hetero) is 1. The van der Waals surface area contributed by atoms with E-state index in [9.17, 15) is 14.4 Å². The molecule has 0 aliphatic carbocycles. The number of rotatable bonds is 40. The van der Waals surface area contributed by atoms with Crippen molar-refractivity contribution in [3.05, 3.63) is 65.7 Å². The van der Waals surface area contributed by atoms with Gasteiger partial charge in [-0.1, -0.05) is 30.3 Å². The van der Waals surface area contributed by atoms with E-state index in [1.807, 2.05) is 0 Å². The van der Waals surface area contributed by atoms with Gasteiger partial charge in [-0.15, -0.1) is 0 Å². The molecule has 0 amide bonds. The molecule has 2 aromatic rings. The van der Waals surface area contributed by atoms with Crippen molar-refractivity contribution in [2.24, 2.45) is 0 Å². The Bertz CT molecular complexity index is 1180. The molecule has 0 spiro atoms. The molecule has 0 atom stereocenters. The minimum Gasteiger partial charge on any atom is -0.491 e. The molecule has 55 heavy (non-hydrogen) atoms. The number of benzene rings is 2. The Hall–Kier alpha value is -3.39. The average molecular weight is 783 g/mol. The zero-order chi connectivity index (χ0) is 39.1. The highest BCUT2D eigenvalue weighted by molar-refractivity contribution is 6.40. The number of aldehydes is 1. The molecule has 0 aromatic heterocycles. The van der Waals surface area contributed by atoms with Crippen molar-refractivity contribution >= 4 is 18.0 Å². The number of ether oxygens (including phenoxy) is 13. The van der Waals surface area contributed by atoms with E-state index in [2.05, 4.69) is 0 Å². The third kappa shape index (κ3) is 28.6. The summed E-state index contributed by atoms with van der Waals surface area (Å²) in [6.45, 7) is 10.1. The van der Waals surface area contributed by atoms with E-state index in [0.717, 1.165) is 6.29 Å². The van der Waals surface area contributed by atoms with E-state index in [1.54, 1.807) is 54.6 Å². The van der Waals surface area contributed by atoms with Crippen LogP contribution < -0.4 is 4.74 Å². The molecule has 2 rings (SSSR count). The molecule has 0 saturated carbocycles. The first-order chi connectivity index (χ1) is 27.2. The van der Waals surface area contributed by atoms with Gasteiger partial charge < -0.3 is 61.6 Å². The maximum absolute atomic E-state index is 11.9. The van der Waals surface area contributed by atoms with E-state index < -0.39 is 11.8 Å². The van der Waals surface area contributed by atoms with Gasteiger partial charge in [0.15, 0.2) is 0 Å². The SMILES string of the molecule is O=Cc1ccc(OCCOCCOCCOCCOCCOCCOCCOCCOCCOCCOCCOCCOC(=O)C(=O)c2ccccc2)cc1. The summed E-state index contributed by atoms with van der Waals surface area (Å²) in [7, 11) is 0. The molecule has 16 heteroatoms. The second-order valence-electron chi connectivity index (χ2n) is 11.1. The molecule has 0 bridgehead atoms. The quantitative estimate of drug-likeness (QED) is 0.0317. The molecule has 0 saturated heterocycles. The van der Waals surface area contributed by atoms with Gasteiger partial charge >= 0.3 is 5.97 Å². The Morgan fingerprint density at radius 2 is 0.691 bits per heavy atom. The number of hydrogen-bond acceptors (Lipinski definition) is 16. The summed E-state index contributed by atoms with van der Waals surface area (Å²) in [6, 6.07) is 15.2. The predicted molar refractivity (Wildman–Crippen MR) is 198 cm³/mol. The van der Waals surface area contributed by atoms with Crippen molar-refractivity contribution in [1.82, 2.24) is 0 Å². The minimum absolute atomic E-state index is 0.00811. The van der Waals surface area contributed by atoms with Gasteiger partial charge in [-0.05, 0) is 24.3 Å². The maximum atomic E-state index is 11.9. The van der Waals surface area contributed by atoms with Gasteiger partial charge in [0.2, 0.25) is 0 Å². The number of carbonyl (C=O) groups is 3. The summed E-state index contributed by atoms with van der Waals surface area (Å²) < 4.78 is 70.4. The van der Waals surface area contributed by atoms with Crippen molar-refractivity contribution in [2.75, 3.05) is 159 Å². The lowest BCUT2D eigenvalue weighted by atomic mass is 10.1. The van der Waals surface area contributed by atoms with E-state index in [4.69, 9.17) is 61.6 Å². The molecule has 0 N–H and O–H groups in total. The first-order valence-corrected chi connectivity index (χ1v) is 18.5. The highest BCUT2D eigenvalue weighted by Crippen LogP contribution is 2.10. The number of carbonyl (C=O) groups excluding carboxylic acids is 3. The monoisotopic (exact) mass is 782 g/mol. The van der Waals surface area contributed by atoms with Gasteiger partial charge in [-0.25, -0.2) is 4.79 Å². The van der Waals surface area contributed by atoms with Crippen LogP contribution in [0.5, 0.6) is 5.75 Å². The van der Waals surface area contributed by atoms with Crippen molar-refractivity contribution < 1.29 is 76.0 Å². The third-order valence-electron chi connectivity index (χ3n) is 6.91. The second kappa shape index (κ2) is 36.3. The maximum Gasteiger partial charge on any atom is 0.379 e. The van der Waals surface area contributed by atoms with Gasteiger partial charge in [0.25, 0.3) is 5.78 Å². The van der Waals surface area contributed by atoms with Gasteiger partial charge in [-0.2, -0.15) is 0 Å². The molecule has 310 valence electrons. The molecule has 0 fully saturated rings. The van der Waals surface area contributed by atoms with Crippen molar-refractivity contribution in [2.45, 2.75) is 0 Å². The Morgan fingerprint density at radius 1 is 0.382 bits per heavy atom. The highest BCUT2D eigenvalue weighted by Gasteiger charge is 2.17. The number of hydrogen-bond donors (Lipinski definition) is 0. The average Bonchev–Trinajstić information content (AvgIpc) is 3.22. The summed E-state index contributed by atoms with van der Waals surface area (Å²) in [4.78, 5) is 34.3. The lowest BCUT2D eigenvalue weighted by Gasteiger charge is -2.09. The smallest absolute Gasteiger partial charge is 0.379 e. The van der Waals surface area contributed by atoms with E-state index in [-0.39, 0.29) is 13.2 Å². The standard InChI is InChI=1S/C39H58O16/c40-34-35-6-8-37(9-7-35)54-32-30-52-28-26-50-24-22-48-20-18-46-16-14-44-12-10-43-11-13-45-15-17-47-19-21-49-23-25-51-27-29-53-31-33-55-39(42)38(41)36-4-2-1-3-5-36/h1-9,34H,10-33H2. The van der Waals surface area contributed by atoms with E-state index in [0.29, 0.717) is 162 Å². The molecular formula is C39H58O16. The van der Waals surface area contributed by atoms with Crippen LogP contribution in [0.25, 0.3) is 0 Å². The van der Waals surface area contributed by atoms with Crippen LogP contribution in [-0.2, 0) is 61.6 Å². The zero-order valence-electron chi connectivity index (χ0n) is 31.8. The number of esters is 1. The van der Waals surface area contributed by atoms with Gasteiger partial charge in [0.1, 0.15) is 25.2 Å². The Labute approximate surface area is 323 Å². The summed E-state index contributed by atoms with van der Waals surface area (Å²) >= 11 is 0. The summed E-state index contributed by atoms with van der Waals surface area (Å²) in [5.74, 6) is -0.885. The molecule has 0 unspecified atom stereocenters. The normalized spacial score (nSPS) is 11.1. The van der Waals surface area contributed by atoms with Crippen molar-refractivity contribution in [3.63, 3.8) is 0 Å². The second-order valence-corrected chi connectivity index (χ2v) is 11.1. The van der Waals surface area contributed by atoms with Gasteiger partial charge in [0.05, 0.1) is 145 Å². The lowest BCUT2D eigenvalue weighted by Crippen LogP contribution is -2.20. The molecule has 0 aliphatic heterocycles. The fourth-order valence-electron chi connectivity index (χ4n) is 4.13. The van der Waals surface area contributed by atoms with Crippen molar-refractivity contribution in [3.8, 4) is 5.75 Å². The summed E-state index contributed by atoms with van der Waals surface area (Å²) in [5.41, 5.74) is 0.903. The molecular weight excluding hydrogens is 724 g/mol. The molecule has 2 aromatic carbocycles. The predicted octanol–water partition coefficient (Wildman–Crippen LogP) is 2.49. The molecule has 0 aliphatic rings. The number of ketones is 1. The first-order valence-electron chi connectivity index (χ1n) is 18.5. The molecule has 0 heterocycles.